The molecule has 1 aliphatic rings. The summed E-state index contributed by atoms with van der Waals surface area (Å²) in [5.74, 6) is 0.400. The lowest BCUT2D eigenvalue weighted by atomic mass is 9.73. The first-order chi connectivity index (χ1) is 15.0. The minimum atomic E-state index is -0.775. The molecule has 5 nitrogen and oxygen atoms in total. The number of methoxy groups -OCH3 is 1. The van der Waals surface area contributed by atoms with E-state index in [0.717, 1.165) is 24.4 Å². The lowest BCUT2D eigenvalue weighted by Gasteiger charge is -2.37. The van der Waals surface area contributed by atoms with Crippen LogP contribution in [0.1, 0.15) is 43.9 Å². The maximum Gasteiger partial charge on any atom is 0.230 e. The highest BCUT2D eigenvalue weighted by atomic mass is 19.1. The number of benzene rings is 2. The number of nitrogens with one attached hydrogen (secondary N) is 1. The molecule has 168 valence electrons. The van der Waals surface area contributed by atoms with E-state index in [2.05, 4.69) is 30.1 Å². The second-order valence-electron chi connectivity index (χ2n) is 7.93. The van der Waals surface area contributed by atoms with Crippen LogP contribution in [0.3, 0.4) is 0 Å². The molecule has 0 saturated carbocycles. The van der Waals surface area contributed by atoms with E-state index in [9.17, 15) is 9.18 Å². The Hall–Kier alpha value is -2.44. The van der Waals surface area contributed by atoms with E-state index in [1.165, 1.54) is 12.1 Å². The van der Waals surface area contributed by atoms with Crippen molar-refractivity contribution in [3.63, 3.8) is 0 Å². The topological polar surface area (TPSA) is 50.8 Å². The minimum Gasteiger partial charge on any atom is -0.497 e. The Morgan fingerprint density at radius 1 is 1.16 bits per heavy atom. The largest absolute Gasteiger partial charge is 0.497 e. The van der Waals surface area contributed by atoms with Crippen molar-refractivity contribution in [1.29, 1.82) is 0 Å². The molecule has 2 aromatic carbocycles. The van der Waals surface area contributed by atoms with Crippen LogP contribution in [0.2, 0.25) is 0 Å². The number of hydrogen-bond donors (Lipinski definition) is 1. The summed E-state index contributed by atoms with van der Waals surface area (Å²) in [7, 11) is 1.65. The number of carbonyl (C=O) groups excluding carboxylic acids is 1. The van der Waals surface area contributed by atoms with E-state index in [1.54, 1.807) is 13.2 Å². The number of likely N-dealkylation sites (N-methyl/N-ethyl adjacent to an activating group) is 1. The smallest absolute Gasteiger partial charge is 0.230 e. The molecule has 0 aromatic heterocycles. The number of rotatable bonds is 9. The number of amides is 1. The van der Waals surface area contributed by atoms with Gasteiger partial charge in [0.05, 0.1) is 18.6 Å². The predicted octanol–water partition coefficient (Wildman–Crippen LogP) is 4.08. The molecule has 6 heteroatoms. The zero-order valence-corrected chi connectivity index (χ0v) is 18.7. The molecule has 0 aliphatic carbocycles. The van der Waals surface area contributed by atoms with E-state index in [4.69, 9.17) is 9.47 Å². The van der Waals surface area contributed by atoms with Gasteiger partial charge in [-0.2, -0.15) is 0 Å². The first kappa shape index (κ1) is 23.2. The number of ether oxygens (including phenoxy) is 2. The summed E-state index contributed by atoms with van der Waals surface area (Å²) in [6.45, 7) is 7.38. The number of carbonyl (C=O) groups is 1. The molecule has 0 spiro atoms. The molecule has 3 rings (SSSR count). The van der Waals surface area contributed by atoms with Gasteiger partial charge in [0.2, 0.25) is 5.91 Å². The molecule has 1 amide bonds. The van der Waals surface area contributed by atoms with Crippen LogP contribution in [-0.2, 0) is 14.9 Å². The van der Waals surface area contributed by atoms with Gasteiger partial charge in [-0.25, -0.2) is 4.39 Å². The molecule has 0 radical (unpaired) electrons. The van der Waals surface area contributed by atoms with Crippen LogP contribution in [0, 0.1) is 5.82 Å². The third-order valence-electron chi connectivity index (χ3n) is 6.35. The Balaban J connectivity index is 1.85. The SMILES string of the molecule is CCN(CC)C(CNC(=O)C1(c2cccc(F)c2)CCOCC1)c1cccc(OC)c1. The molecule has 1 saturated heterocycles. The second-order valence-corrected chi connectivity index (χ2v) is 7.93. The van der Waals surface area contributed by atoms with Gasteiger partial charge in [-0.3, -0.25) is 9.69 Å². The first-order valence-electron chi connectivity index (χ1n) is 11.0. The van der Waals surface area contributed by atoms with Crippen molar-refractivity contribution in [2.24, 2.45) is 0 Å². The fourth-order valence-corrected chi connectivity index (χ4v) is 4.48. The first-order valence-corrected chi connectivity index (χ1v) is 11.0. The molecule has 31 heavy (non-hydrogen) atoms. The van der Waals surface area contributed by atoms with Gasteiger partial charge in [0.1, 0.15) is 11.6 Å². The standard InChI is InChI=1S/C25H33FN2O3/c1-4-28(5-2)23(19-8-6-11-22(16-19)30-3)18-27-24(29)25(12-14-31-15-13-25)20-9-7-10-21(26)17-20/h6-11,16-17,23H,4-5,12-15,18H2,1-3H3,(H,27,29). The highest BCUT2D eigenvalue weighted by Crippen LogP contribution is 2.36. The lowest BCUT2D eigenvalue weighted by Crippen LogP contribution is -2.50. The Bertz CT molecular complexity index is 863. The molecular weight excluding hydrogens is 395 g/mol. The van der Waals surface area contributed by atoms with Crippen molar-refractivity contribution >= 4 is 5.91 Å². The van der Waals surface area contributed by atoms with E-state index in [-0.39, 0.29) is 17.8 Å². The zero-order chi connectivity index (χ0) is 22.3. The summed E-state index contributed by atoms with van der Waals surface area (Å²) >= 11 is 0. The van der Waals surface area contributed by atoms with Crippen molar-refractivity contribution in [2.45, 2.75) is 38.1 Å². The molecule has 1 aliphatic heterocycles. The summed E-state index contributed by atoms with van der Waals surface area (Å²) in [5.41, 5.74) is 1.03. The summed E-state index contributed by atoms with van der Waals surface area (Å²) in [4.78, 5) is 15.9. The minimum absolute atomic E-state index is 0.0125. The summed E-state index contributed by atoms with van der Waals surface area (Å²) in [5, 5.41) is 3.20. The van der Waals surface area contributed by atoms with E-state index >= 15 is 0 Å². The molecule has 2 aromatic rings. The van der Waals surface area contributed by atoms with Crippen LogP contribution in [0.4, 0.5) is 4.39 Å². The van der Waals surface area contributed by atoms with Crippen LogP contribution in [-0.4, -0.2) is 50.8 Å². The average molecular weight is 429 g/mol. The Labute approximate surface area is 184 Å². The Kier molecular flexibility index (Phi) is 8.04. The zero-order valence-electron chi connectivity index (χ0n) is 18.7. The Morgan fingerprint density at radius 3 is 2.52 bits per heavy atom. The fraction of sp³-hybridized carbons (Fsp3) is 0.480. The number of hydrogen-bond acceptors (Lipinski definition) is 4. The van der Waals surface area contributed by atoms with Crippen LogP contribution < -0.4 is 10.1 Å². The molecule has 1 fully saturated rings. The maximum absolute atomic E-state index is 14.0. The van der Waals surface area contributed by atoms with E-state index in [0.29, 0.717) is 38.2 Å². The maximum atomic E-state index is 14.0. The molecule has 0 bridgehead atoms. The molecule has 1 heterocycles. The van der Waals surface area contributed by atoms with Gasteiger partial charge < -0.3 is 14.8 Å². The summed E-state index contributed by atoms with van der Waals surface area (Å²) < 4.78 is 24.9. The van der Waals surface area contributed by atoms with Crippen molar-refractivity contribution in [3.05, 3.63) is 65.5 Å². The van der Waals surface area contributed by atoms with E-state index in [1.807, 2.05) is 24.3 Å². The van der Waals surface area contributed by atoms with E-state index < -0.39 is 5.41 Å². The number of nitrogens with zero attached hydrogens (tertiary/aromatic N) is 1. The van der Waals surface area contributed by atoms with Crippen LogP contribution >= 0.6 is 0 Å². The fourth-order valence-electron chi connectivity index (χ4n) is 4.48. The highest BCUT2D eigenvalue weighted by molar-refractivity contribution is 5.88. The van der Waals surface area contributed by atoms with Crippen molar-refractivity contribution in [1.82, 2.24) is 10.2 Å². The molecule has 1 N–H and O–H groups in total. The van der Waals surface area contributed by atoms with Gasteiger partial charge in [-0.15, -0.1) is 0 Å². The second kappa shape index (κ2) is 10.7. The normalized spacial score (nSPS) is 16.7. The van der Waals surface area contributed by atoms with Gasteiger partial charge in [0, 0.05) is 19.8 Å². The van der Waals surface area contributed by atoms with Crippen molar-refractivity contribution in [2.75, 3.05) is 40.0 Å². The third-order valence-corrected chi connectivity index (χ3v) is 6.35. The lowest BCUT2D eigenvalue weighted by molar-refractivity contribution is -0.130. The van der Waals surface area contributed by atoms with Crippen molar-refractivity contribution in [3.8, 4) is 5.75 Å². The van der Waals surface area contributed by atoms with Crippen LogP contribution in [0.25, 0.3) is 0 Å². The van der Waals surface area contributed by atoms with Crippen molar-refractivity contribution < 1.29 is 18.7 Å². The van der Waals surface area contributed by atoms with Crippen LogP contribution in [0.15, 0.2) is 48.5 Å². The monoisotopic (exact) mass is 428 g/mol. The van der Waals surface area contributed by atoms with Gasteiger partial charge in [-0.05, 0) is 61.3 Å². The van der Waals surface area contributed by atoms with Gasteiger partial charge in [0.15, 0.2) is 0 Å². The van der Waals surface area contributed by atoms with Gasteiger partial charge >= 0.3 is 0 Å². The highest BCUT2D eigenvalue weighted by Gasteiger charge is 2.42. The predicted molar refractivity (Wildman–Crippen MR) is 120 cm³/mol. The summed E-state index contributed by atoms with van der Waals surface area (Å²) in [6, 6.07) is 14.4. The molecule has 1 atom stereocenters. The average Bonchev–Trinajstić information content (AvgIpc) is 2.82. The van der Waals surface area contributed by atoms with Crippen LogP contribution in [0.5, 0.6) is 5.75 Å². The van der Waals surface area contributed by atoms with Gasteiger partial charge in [-0.1, -0.05) is 38.1 Å². The quantitative estimate of drug-likeness (QED) is 0.654. The molecule has 1 unspecified atom stereocenters. The third kappa shape index (κ3) is 5.25. The number of halogens is 1. The Morgan fingerprint density at radius 2 is 1.87 bits per heavy atom. The molecular formula is C25H33FN2O3. The summed E-state index contributed by atoms with van der Waals surface area (Å²) in [6.07, 6.45) is 1.08. The van der Waals surface area contributed by atoms with Gasteiger partial charge in [0.25, 0.3) is 0 Å².